The van der Waals surface area contributed by atoms with Gasteiger partial charge in [-0.1, -0.05) is 6.42 Å². The van der Waals surface area contributed by atoms with Crippen LogP contribution in [-0.2, 0) is 0 Å². The Morgan fingerprint density at radius 3 is 2.85 bits per heavy atom. The Bertz CT molecular complexity index is 578. The number of rotatable bonds is 5. The van der Waals surface area contributed by atoms with Crippen LogP contribution in [0.5, 0.6) is 0 Å². The second-order valence-electron chi connectivity index (χ2n) is 4.77. The maximum atomic E-state index is 5.95. The van der Waals surface area contributed by atoms with Crippen molar-refractivity contribution in [1.82, 2.24) is 24.7 Å². The van der Waals surface area contributed by atoms with Crippen molar-refractivity contribution < 1.29 is 0 Å². The fraction of sp³-hybridized carbons (Fsp3) is 0.500. The lowest BCUT2D eigenvalue weighted by Gasteiger charge is -2.40. The van der Waals surface area contributed by atoms with Crippen molar-refractivity contribution >= 4 is 29.3 Å². The summed E-state index contributed by atoms with van der Waals surface area (Å²) in [6.07, 6.45) is 9.33. The van der Waals surface area contributed by atoms with Crippen LogP contribution < -0.4 is 5.32 Å². The maximum Gasteiger partial charge on any atom is 0.256 e. The molecule has 20 heavy (non-hydrogen) atoms. The molecule has 1 N–H and O–H groups in total. The Balaban J connectivity index is 1.76. The van der Waals surface area contributed by atoms with Gasteiger partial charge in [-0.3, -0.25) is 0 Å². The highest BCUT2D eigenvalue weighted by atomic mass is 35.5. The van der Waals surface area contributed by atoms with Crippen molar-refractivity contribution in [3.05, 3.63) is 23.7 Å². The van der Waals surface area contributed by atoms with Gasteiger partial charge < -0.3 is 5.32 Å². The fourth-order valence-corrected chi connectivity index (χ4v) is 3.24. The molecule has 3 rings (SSSR count). The van der Waals surface area contributed by atoms with E-state index >= 15 is 0 Å². The molecule has 0 atom stereocenters. The summed E-state index contributed by atoms with van der Waals surface area (Å²) in [6, 6.07) is 1.81. The zero-order chi connectivity index (χ0) is 14.0. The smallest absolute Gasteiger partial charge is 0.256 e. The van der Waals surface area contributed by atoms with E-state index in [1.165, 1.54) is 19.3 Å². The molecule has 0 spiro atoms. The lowest BCUT2D eigenvalue weighted by Crippen LogP contribution is -2.40. The van der Waals surface area contributed by atoms with E-state index in [2.05, 4.69) is 31.6 Å². The topological polar surface area (TPSA) is 68.5 Å². The molecule has 1 fully saturated rings. The number of halogens is 1. The van der Waals surface area contributed by atoms with E-state index < -0.39 is 0 Å². The average molecular weight is 311 g/mol. The van der Waals surface area contributed by atoms with E-state index in [1.807, 2.05) is 17.8 Å². The molecule has 2 heterocycles. The minimum Gasteiger partial charge on any atom is -0.353 e. The zero-order valence-electron chi connectivity index (χ0n) is 11.1. The Morgan fingerprint density at radius 1 is 1.40 bits per heavy atom. The molecule has 1 aliphatic carbocycles. The summed E-state index contributed by atoms with van der Waals surface area (Å²) in [5, 5.41) is 7.53. The minimum absolute atomic E-state index is 0.166. The quantitative estimate of drug-likeness (QED) is 0.914. The van der Waals surface area contributed by atoms with Crippen LogP contribution in [0, 0.1) is 0 Å². The highest BCUT2D eigenvalue weighted by Gasteiger charge is 2.36. The number of anilines is 1. The molecule has 0 aromatic carbocycles. The predicted octanol–water partition coefficient (Wildman–Crippen LogP) is 2.41. The van der Waals surface area contributed by atoms with Gasteiger partial charge in [0.2, 0.25) is 11.2 Å². The lowest BCUT2D eigenvalue weighted by atomic mass is 9.84. The second-order valence-corrected chi connectivity index (χ2v) is 6.39. The second kappa shape index (κ2) is 5.57. The van der Waals surface area contributed by atoms with Gasteiger partial charge in [0.15, 0.2) is 0 Å². The standard InChI is InChI=1S/C12H15ClN6S/c1-20-12(4-2-5-12)8-14-10-16-9(13)17-11(18-10)19-7-3-6-15-19/h3,6-7H,2,4-5,8H2,1H3,(H,14,16,17,18). The predicted molar refractivity (Wildman–Crippen MR) is 80.5 cm³/mol. The third-order valence-corrected chi connectivity index (χ3v) is 5.16. The van der Waals surface area contributed by atoms with Gasteiger partial charge in [0.25, 0.3) is 5.95 Å². The molecule has 0 saturated heterocycles. The summed E-state index contributed by atoms with van der Waals surface area (Å²) in [5.41, 5.74) is 0. The molecule has 2 aromatic heterocycles. The Kier molecular flexibility index (Phi) is 3.80. The van der Waals surface area contributed by atoms with Crippen molar-refractivity contribution in [3.63, 3.8) is 0 Å². The molecule has 0 unspecified atom stereocenters. The molecule has 0 aliphatic heterocycles. The van der Waals surface area contributed by atoms with Crippen molar-refractivity contribution in [3.8, 4) is 5.95 Å². The number of hydrogen-bond donors (Lipinski definition) is 1. The van der Waals surface area contributed by atoms with Gasteiger partial charge in [-0.05, 0) is 36.8 Å². The first kappa shape index (κ1) is 13.6. The summed E-state index contributed by atoms with van der Waals surface area (Å²) in [6.45, 7) is 0.840. The van der Waals surface area contributed by atoms with Crippen LogP contribution in [0.2, 0.25) is 5.28 Å². The average Bonchev–Trinajstić information content (AvgIpc) is 2.91. The summed E-state index contributed by atoms with van der Waals surface area (Å²) in [4.78, 5) is 12.5. The Hall–Kier alpha value is -1.34. The molecule has 106 valence electrons. The molecule has 0 radical (unpaired) electrons. The molecule has 8 heteroatoms. The van der Waals surface area contributed by atoms with Gasteiger partial charge in [0, 0.05) is 23.7 Å². The van der Waals surface area contributed by atoms with Gasteiger partial charge in [-0.2, -0.15) is 31.8 Å². The molecule has 1 aliphatic rings. The van der Waals surface area contributed by atoms with Crippen LogP contribution in [0.1, 0.15) is 19.3 Å². The van der Waals surface area contributed by atoms with Crippen LogP contribution in [0.25, 0.3) is 5.95 Å². The Labute approximate surface area is 126 Å². The molecular formula is C12H15ClN6S. The van der Waals surface area contributed by atoms with Crippen molar-refractivity contribution in [1.29, 1.82) is 0 Å². The zero-order valence-corrected chi connectivity index (χ0v) is 12.7. The van der Waals surface area contributed by atoms with E-state index in [0.717, 1.165) is 6.54 Å². The molecule has 2 aromatic rings. The van der Waals surface area contributed by atoms with Crippen molar-refractivity contribution in [2.75, 3.05) is 18.1 Å². The van der Waals surface area contributed by atoms with Crippen LogP contribution in [0.4, 0.5) is 5.95 Å². The SMILES string of the molecule is CSC1(CNc2nc(Cl)nc(-n3cccn3)n2)CCC1. The monoisotopic (exact) mass is 310 g/mol. The van der Waals surface area contributed by atoms with Crippen LogP contribution in [-0.4, -0.2) is 42.3 Å². The molecule has 0 amide bonds. The van der Waals surface area contributed by atoms with Gasteiger partial charge in [0.05, 0.1) is 0 Å². The largest absolute Gasteiger partial charge is 0.353 e. The van der Waals surface area contributed by atoms with E-state index in [4.69, 9.17) is 11.6 Å². The molecule has 6 nitrogen and oxygen atoms in total. The van der Waals surface area contributed by atoms with Crippen molar-refractivity contribution in [2.45, 2.75) is 24.0 Å². The first-order valence-corrected chi connectivity index (χ1v) is 8.02. The summed E-state index contributed by atoms with van der Waals surface area (Å²) in [5.74, 6) is 0.917. The number of nitrogens with zero attached hydrogens (tertiary/aromatic N) is 5. The van der Waals surface area contributed by atoms with E-state index in [1.54, 1.807) is 17.1 Å². The summed E-state index contributed by atoms with van der Waals surface area (Å²) >= 11 is 7.85. The highest BCUT2D eigenvalue weighted by molar-refractivity contribution is 8.00. The van der Waals surface area contributed by atoms with Crippen LogP contribution in [0.15, 0.2) is 18.5 Å². The summed E-state index contributed by atoms with van der Waals surface area (Å²) < 4.78 is 1.87. The fourth-order valence-electron chi connectivity index (χ4n) is 2.17. The molecular weight excluding hydrogens is 296 g/mol. The minimum atomic E-state index is 0.166. The number of thioether (sulfide) groups is 1. The third kappa shape index (κ3) is 2.73. The number of hydrogen-bond acceptors (Lipinski definition) is 6. The van der Waals surface area contributed by atoms with Gasteiger partial charge in [-0.25, -0.2) is 4.68 Å². The van der Waals surface area contributed by atoms with E-state index in [-0.39, 0.29) is 5.28 Å². The van der Waals surface area contributed by atoms with E-state index in [9.17, 15) is 0 Å². The first-order valence-electron chi connectivity index (χ1n) is 6.41. The van der Waals surface area contributed by atoms with Crippen LogP contribution in [0.3, 0.4) is 0 Å². The number of nitrogens with one attached hydrogen (secondary N) is 1. The third-order valence-electron chi connectivity index (χ3n) is 3.57. The number of aromatic nitrogens is 5. The highest BCUT2D eigenvalue weighted by Crippen LogP contribution is 2.42. The van der Waals surface area contributed by atoms with Crippen molar-refractivity contribution in [2.24, 2.45) is 0 Å². The molecule has 0 bridgehead atoms. The Morgan fingerprint density at radius 2 is 2.25 bits per heavy atom. The molecule has 1 saturated carbocycles. The summed E-state index contributed by atoms with van der Waals surface area (Å²) in [7, 11) is 0. The normalized spacial score (nSPS) is 16.7. The van der Waals surface area contributed by atoms with Gasteiger partial charge in [-0.15, -0.1) is 0 Å². The van der Waals surface area contributed by atoms with Gasteiger partial charge in [0.1, 0.15) is 0 Å². The maximum absolute atomic E-state index is 5.95. The first-order chi connectivity index (χ1) is 9.71. The van der Waals surface area contributed by atoms with Crippen LogP contribution >= 0.6 is 23.4 Å². The van der Waals surface area contributed by atoms with E-state index in [0.29, 0.717) is 16.6 Å². The lowest BCUT2D eigenvalue weighted by molar-refractivity contribution is 0.379. The van der Waals surface area contributed by atoms with Gasteiger partial charge >= 0.3 is 0 Å².